The average molecular weight is 362 g/mol. The number of nitrogens with one attached hydrogen (secondary N) is 1. The maximum Gasteiger partial charge on any atom is 0.258 e. The van der Waals surface area contributed by atoms with Gasteiger partial charge in [-0.25, -0.2) is 4.39 Å². The lowest BCUT2D eigenvalue weighted by atomic mass is 10.1. The van der Waals surface area contributed by atoms with Crippen LogP contribution >= 0.6 is 11.3 Å². The minimum atomic E-state index is -0.322. The average Bonchev–Trinajstić information content (AvgIpc) is 3.17. The van der Waals surface area contributed by atoms with E-state index in [1.54, 1.807) is 11.3 Å². The smallest absolute Gasteiger partial charge is 0.258 e. The maximum atomic E-state index is 12.9. The second-order valence-corrected chi connectivity index (χ2v) is 7.15. The van der Waals surface area contributed by atoms with E-state index in [2.05, 4.69) is 27.7 Å². The third-order valence-corrected chi connectivity index (χ3v) is 5.35. The van der Waals surface area contributed by atoms with Crippen LogP contribution in [0.4, 0.5) is 4.39 Å². The van der Waals surface area contributed by atoms with E-state index in [0.717, 1.165) is 13.1 Å². The number of rotatable bonds is 7. The van der Waals surface area contributed by atoms with Crippen LogP contribution in [0, 0.1) is 5.82 Å². The number of nitrogens with zero attached hydrogens (tertiary/aromatic N) is 1. The lowest BCUT2D eigenvalue weighted by Crippen LogP contribution is -2.41. The van der Waals surface area contributed by atoms with Gasteiger partial charge in [0.05, 0.1) is 6.04 Å². The van der Waals surface area contributed by atoms with Crippen LogP contribution in [0.1, 0.15) is 30.2 Å². The molecule has 1 aromatic heterocycles. The zero-order valence-electron chi connectivity index (χ0n) is 14.1. The number of carbonyl (C=O) groups excluding carboxylic acids is 1. The molecule has 0 radical (unpaired) electrons. The first-order chi connectivity index (χ1) is 12.2. The summed E-state index contributed by atoms with van der Waals surface area (Å²) in [5.41, 5.74) is 0. The van der Waals surface area contributed by atoms with E-state index in [9.17, 15) is 9.18 Å². The molecule has 0 spiro atoms. The first kappa shape index (κ1) is 17.9. The van der Waals surface area contributed by atoms with E-state index in [0.29, 0.717) is 12.3 Å². The van der Waals surface area contributed by atoms with E-state index in [-0.39, 0.29) is 24.4 Å². The van der Waals surface area contributed by atoms with E-state index in [1.807, 2.05) is 0 Å². The molecule has 1 unspecified atom stereocenters. The number of likely N-dealkylation sites (tertiary alicyclic amines) is 1. The highest BCUT2D eigenvalue weighted by Crippen LogP contribution is 2.27. The van der Waals surface area contributed by atoms with E-state index in [1.165, 1.54) is 48.4 Å². The van der Waals surface area contributed by atoms with Gasteiger partial charge in [-0.05, 0) is 61.6 Å². The van der Waals surface area contributed by atoms with Crippen LogP contribution in [-0.2, 0) is 4.79 Å². The standard InChI is InChI=1S/C19H23FN2O2S/c20-15-6-8-16(9-7-15)24-14-19(23)21-13-17(18-5-4-12-25-18)22-10-2-1-3-11-22/h4-9,12,17H,1-3,10-11,13-14H2,(H,21,23). The second-order valence-electron chi connectivity index (χ2n) is 6.17. The van der Waals surface area contributed by atoms with Gasteiger partial charge < -0.3 is 10.1 Å². The molecule has 4 nitrogen and oxygen atoms in total. The van der Waals surface area contributed by atoms with Gasteiger partial charge in [-0.15, -0.1) is 11.3 Å². The Morgan fingerprint density at radius 1 is 1.20 bits per heavy atom. The number of hydrogen-bond acceptors (Lipinski definition) is 4. The molecule has 1 aliphatic heterocycles. The number of halogens is 1. The summed E-state index contributed by atoms with van der Waals surface area (Å²) in [5.74, 6) is 0.00222. The number of hydrogen-bond donors (Lipinski definition) is 1. The summed E-state index contributed by atoms with van der Waals surface area (Å²) < 4.78 is 18.3. The van der Waals surface area contributed by atoms with Gasteiger partial charge in [-0.2, -0.15) is 0 Å². The largest absolute Gasteiger partial charge is 0.484 e. The van der Waals surface area contributed by atoms with Crippen molar-refractivity contribution in [2.75, 3.05) is 26.2 Å². The number of carbonyl (C=O) groups is 1. The molecule has 2 heterocycles. The highest BCUT2D eigenvalue weighted by molar-refractivity contribution is 7.10. The van der Waals surface area contributed by atoms with E-state index >= 15 is 0 Å². The van der Waals surface area contributed by atoms with Crippen molar-refractivity contribution in [3.8, 4) is 5.75 Å². The van der Waals surface area contributed by atoms with Gasteiger partial charge in [0.15, 0.2) is 6.61 Å². The Hall–Kier alpha value is -1.92. The fraction of sp³-hybridized carbons (Fsp3) is 0.421. The quantitative estimate of drug-likeness (QED) is 0.818. The molecule has 1 atom stereocenters. The van der Waals surface area contributed by atoms with E-state index in [4.69, 9.17) is 4.74 Å². The van der Waals surface area contributed by atoms with Gasteiger partial charge in [0, 0.05) is 11.4 Å². The van der Waals surface area contributed by atoms with Crippen molar-refractivity contribution >= 4 is 17.2 Å². The molecule has 2 aromatic rings. The number of piperidine rings is 1. The van der Waals surface area contributed by atoms with Crippen LogP contribution in [0.5, 0.6) is 5.75 Å². The van der Waals surface area contributed by atoms with Gasteiger partial charge in [0.1, 0.15) is 11.6 Å². The lowest BCUT2D eigenvalue weighted by molar-refractivity contribution is -0.123. The van der Waals surface area contributed by atoms with Gasteiger partial charge in [-0.1, -0.05) is 12.5 Å². The molecule has 6 heteroatoms. The molecule has 0 aliphatic carbocycles. The van der Waals surface area contributed by atoms with Crippen LogP contribution in [0.15, 0.2) is 41.8 Å². The Kier molecular flexibility index (Phi) is 6.42. The number of amides is 1. The van der Waals surface area contributed by atoms with Crippen molar-refractivity contribution in [3.05, 3.63) is 52.5 Å². The Morgan fingerprint density at radius 2 is 1.96 bits per heavy atom. The fourth-order valence-corrected chi connectivity index (χ4v) is 3.92. The molecule has 3 rings (SSSR count). The third kappa shape index (κ3) is 5.28. The molecule has 25 heavy (non-hydrogen) atoms. The summed E-state index contributed by atoms with van der Waals surface area (Å²) in [6.45, 7) is 2.66. The van der Waals surface area contributed by atoms with Gasteiger partial charge >= 0.3 is 0 Å². The molecule has 0 bridgehead atoms. The Morgan fingerprint density at radius 3 is 2.64 bits per heavy atom. The zero-order valence-corrected chi connectivity index (χ0v) is 14.9. The van der Waals surface area contributed by atoms with Crippen molar-refractivity contribution in [1.82, 2.24) is 10.2 Å². The molecule has 0 saturated carbocycles. The van der Waals surface area contributed by atoms with Gasteiger partial charge in [0.25, 0.3) is 5.91 Å². The third-order valence-electron chi connectivity index (χ3n) is 4.38. The maximum absolute atomic E-state index is 12.9. The lowest BCUT2D eigenvalue weighted by Gasteiger charge is -2.34. The number of thiophene rings is 1. The van der Waals surface area contributed by atoms with Crippen LogP contribution in [0.25, 0.3) is 0 Å². The van der Waals surface area contributed by atoms with Crippen LogP contribution in [0.3, 0.4) is 0 Å². The van der Waals surface area contributed by atoms with Crippen LogP contribution in [0.2, 0.25) is 0 Å². The second kappa shape index (κ2) is 8.97. The topological polar surface area (TPSA) is 41.6 Å². The molecule has 1 N–H and O–H groups in total. The number of benzene rings is 1. The summed E-state index contributed by atoms with van der Waals surface area (Å²) in [6, 6.07) is 10.1. The molecular formula is C19H23FN2O2S. The van der Waals surface area contributed by atoms with Gasteiger partial charge in [-0.3, -0.25) is 9.69 Å². The highest BCUT2D eigenvalue weighted by atomic mass is 32.1. The summed E-state index contributed by atoms with van der Waals surface area (Å²) in [7, 11) is 0. The van der Waals surface area contributed by atoms with E-state index < -0.39 is 0 Å². The highest BCUT2D eigenvalue weighted by Gasteiger charge is 2.23. The SMILES string of the molecule is O=C(COc1ccc(F)cc1)NCC(c1cccs1)N1CCCCC1. The Labute approximate surface area is 151 Å². The fourth-order valence-electron chi connectivity index (χ4n) is 3.06. The molecule has 1 saturated heterocycles. The molecular weight excluding hydrogens is 339 g/mol. The van der Waals surface area contributed by atoms with Crippen LogP contribution in [-0.4, -0.2) is 37.0 Å². The van der Waals surface area contributed by atoms with Crippen molar-refractivity contribution in [2.45, 2.75) is 25.3 Å². The Balaban J connectivity index is 1.51. The normalized spacial score (nSPS) is 16.4. The molecule has 1 fully saturated rings. The summed E-state index contributed by atoms with van der Waals surface area (Å²) in [6.07, 6.45) is 3.71. The summed E-state index contributed by atoms with van der Waals surface area (Å²) in [4.78, 5) is 15.8. The van der Waals surface area contributed by atoms with Crippen molar-refractivity contribution in [2.24, 2.45) is 0 Å². The first-order valence-electron chi connectivity index (χ1n) is 8.65. The van der Waals surface area contributed by atoms with Crippen LogP contribution < -0.4 is 10.1 Å². The molecule has 134 valence electrons. The molecule has 1 aliphatic rings. The summed E-state index contributed by atoms with van der Waals surface area (Å²) in [5, 5.41) is 5.05. The van der Waals surface area contributed by atoms with Crippen molar-refractivity contribution in [1.29, 1.82) is 0 Å². The van der Waals surface area contributed by atoms with Gasteiger partial charge in [0.2, 0.25) is 0 Å². The minimum Gasteiger partial charge on any atom is -0.484 e. The zero-order chi connectivity index (χ0) is 17.5. The van der Waals surface area contributed by atoms with Crippen molar-refractivity contribution < 1.29 is 13.9 Å². The minimum absolute atomic E-state index is 0.0667. The summed E-state index contributed by atoms with van der Waals surface area (Å²) >= 11 is 1.73. The molecule has 1 amide bonds. The number of ether oxygens (including phenoxy) is 1. The Bertz CT molecular complexity index is 655. The predicted molar refractivity (Wildman–Crippen MR) is 97.4 cm³/mol. The monoisotopic (exact) mass is 362 g/mol. The molecule has 1 aromatic carbocycles. The van der Waals surface area contributed by atoms with Crippen molar-refractivity contribution in [3.63, 3.8) is 0 Å². The first-order valence-corrected chi connectivity index (χ1v) is 9.53. The predicted octanol–water partition coefficient (Wildman–Crippen LogP) is 3.61.